The minimum absolute atomic E-state index is 0.479. The lowest BCUT2D eigenvalue weighted by molar-refractivity contribution is 0.0562. The molecule has 3 heteroatoms. The summed E-state index contributed by atoms with van der Waals surface area (Å²) in [5.74, 6) is 0. The summed E-state index contributed by atoms with van der Waals surface area (Å²) in [6.45, 7) is 9.96. The molecule has 1 aliphatic rings. The van der Waals surface area contributed by atoms with E-state index in [-0.39, 0.29) is 0 Å². The molecule has 1 aliphatic heterocycles. The van der Waals surface area contributed by atoms with Gasteiger partial charge in [-0.25, -0.2) is 0 Å². The molecule has 2 atom stereocenters. The van der Waals surface area contributed by atoms with E-state index < -0.39 is 0 Å². The molecule has 0 spiro atoms. The highest BCUT2D eigenvalue weighted by Crippen LogP contribution is 2.26. The first-order valence-electron chi connectivity index (χ1n) is 7.49. The molecule has 0 bridgehead atoms. The summed E-state index contributed by atoms with van der Waals surface area (Å²) in [5, 5.41) is 0. The maximum atomic E-state index is 5.82. The molecular weight excluding hydrogens is 234 g/mol. The Bertz CT molecular complexity index is 366. The van der Waals surface area contributed by atoms with Gasteiger partial charge in [-0.1, -0.05) is 37.3 Å². The Kier molecular flexibility index (Phi) is 5.37. The van der Waals surface area contributed by atoms with Crippen LogP contribution in [0.4, 0.5) is 0 Å². The van der Waals surface area contributed by atoms with Gasteiger partial charge < -0.3 is 5.73 Å². The number of nitrogens with two attached hydrogens (primary N) is 1. The van der Waals surface area contributed by atoms with Crippen molar-refractivity contribution in [1.82, 2.24) is 9.80 Å². The third-order valence-electron chi connectivity index (χ3n) is 4.27. The van der Waals surface area contributed by atoms with Crippen molar-refractivity contribution in [2.24, 2.45) is 5.73 Å². The quantitative estimate of drug-likeness (QED) is 0.881. The molecule has 1 fully saturated rings. The molecule has 2 rings (SSSR count). The predicted octanol–water partition coefficient (Wildman–Crippen LogP) is 2.10. The first-order chi connectivity index (χ1) is 9.26. The monoisotopic (exact) mass is 261 g/mol. The van der Waals surface area contributed by atoms with E-state index >= 15 is 0 Å². The average Bonchev–Trinajstić information content (AvgIpc) is 2.45. The zero-order valence-corrected chi connectivity index (χ0v) is 12.3. The second-order valence-corrected chi connectivity index (χ2v) is 5.48. The summed E-state index contributed by atoms with van der Waals surface area (Å²) in [5.41, 5.74) is 7.23. The first-order valence-corrected chi connectivity index (χ1v) is 7.49. The lowest BCUT2D eigenvalue weighted by Gasteiger charge is -2.43. The first kappa shape index (κ1) is 14.5. The molecule has 1 heterocycles. The molecule has 1 aromatic carbocycles. The smallest absolute Gasteiger partial charge is 0.0361 e. The maximum absolute atomic E-state index is 5.82. The molecule has 0 amide bonds. The molecule has 2 unspecified atom stereocenters. The lowest BCUT2D eigenvalue weighted by Crippen LogP contribution is -2.52. The molecule has 0 aliphatic carbocycles. The van der Waals surface area contributed by atoms with Crippen LogP contribution in [0.1, 0.15) is 31.9 Å². The molecular formula is C16H27N3. The van der Waals surface area contributed by atoms with E-state index in [0.29, 0.717) is 12.1 Å². The van der Waals surface area contributed by atoms with Crippen molar-refractivity contribution in [3.8, 4) is 0 Å². The van der Waals surface area contributed by atoms with Gasteiger partial charge in [0.1, 0.15) is 0 Å². The van der Waals surface area contributed by atoms with Crippen LogP contribution in [0.25, 0.3) is 0 Å². The number of piperazine rings is 1. The van der Waals surface area contributed by atoms with Crippen molar-refractivity contribution in [2.75, 3.05) is 32.7 Å². The highest BCUT2D eigenvalue weighted by molar-refractivity contribution is 5.19. The highest BCUT2D eigenvalue weighted by Gasteiger charge is 2.27. The van der Waals surface area contributed by atoms with Crippen LogP contribution in [0.15, 0.2) is 30.3 Å². The fourth-order valence-corrected chi connectivity index (χ4v) is 3.17. The number of likely N-dealkylation sites (N-methyl/N-ethyl adjacent to an activating group) is 1. The summed E-state index contributed by atoms with van der Waals surface area (Å²) in [6, 6.07) is 11.9. The third-order valence-corrected chi connectivity index (χ3v) is 4.27. The molecule has 2 N–H and O–H groups in total. The molecule has 0 aromatic heterocycles. The topological polar surface area (TPSA) is 32.5 Å². The molecule has 0 saturated carbocycles. The fourth-order valence-electron chi connectivity index (χ4n) is 3.17. The van der Waals surface area contributed by atoms with Gasteiger partial charge in [0.2, 0.25) is 0 Å². The van der Waals surface area contributed by atoms with E-state index in [1.165, 1.54) is 12.1 Å². The van der Waals surface area contributed by atoms with Crippen LogP contribution in [-0.4, -0.2) is 48.6 Å². The zero-order valence-electron chi connectivity index (χ0n) is 12.3. The number of rotatable bonds is 5. The Morgan fingerprint density at radius 3 is 2.58 bits per heavy atom. The number of benzene rings is 1. The Hall–Kier alpha value is -0.900. The standard InChI is InChI=1S/C16H27N3/c1-3-18-11-12-19(13-14(18)2)16(9-10-17)15-7-5-4-6-8-15/h4-8,14,16H,3,9-13,17H2,1-2H3. The van der Waals surface area contributed by atoms with Gasteiger partial charge in [-0.3, -0.25) is 9.80 Å². The van der Waals surface area contributed by atoms with E-state index in [9.17, 15) is 0 Å². The van der Waals surface area contributed by atoms with Crippen molar-refractivity contribution in [1.29, 1.82) is 0 Å². The number of nitrogens with zero attached hydrogens (tertiary/aromatic N) is 2. The molecule has 1 aromatic rings. The molecule has 1 saturated heterocycles. The Morgan fingerprint density at radius 1 is 1.26 bits per heavy atom. The maximum Gasteiger partial charge on any atom is 0.0361 e. The van der Waals surface area contributed by atoms with Gasteiger partial charge in [0.05, 0.1) is 0 Å². The summed E-state index contributed by atoms with van der Waals surface area (Å²) < 4.78 is 0. The lowest BCUT2D eigenvalue weighted by atomic mass is 10.00. The average molecular weight is 261 g/mol. The van der Waals surface area contributed by atoms with Crippen LogP contribution in [0.5, 0.6) is 0 Å². The fraction of sp³-hybridized carbons (Fsp3) is 0.625. The molecule has 3 nitrogen and oxygen atoms in total. The third kappa shape index (κ3) is 3.56. The second kappa shape index (κ2) is 7.04. The van der Waals surface area contributed by atoms with Gasteiger partial charge in [0.25, 0.3) is 0 Å². The van der Waals surface area contributed by atoms with Crippen molar-refractivity contribution in [3.63, 3.8) is 0 Å². The van der Waals surface area contributed by atoms with Crippen LogP contribution in [0, 0.1) is 0 Å². The van der Waals surface area contributed by atoms with Crippen LogP contribution in [-0.2, 0) is 0 Å². The minimum Gasteiger partial charge on any atom is -0.330 e. The Morgan fingerprint density at radius 2 is 2.00 bits per heavy atom. The van der Waals surface area contributed by atoms with E-state index in [2.05, 4.69) is 54.0 Å². The summed E-state index contributed by atoms with van der Waals surface area (Å²) >= 11 is 0. The van der Waals surface area contributed by atoms with E-state index in [4.69, 9.17) is 5.73 Å². The van der Waals surface area contributed by atoms with Gasteiger partial charge in [-0.05, 0) is 32.0 Å². The largest absolute Gasteiger partial charge is 0.330 e. The summed E-state index contributed by atoms with van der Waals surface area (Å²) in [6.07, 6.45) is 1.04. The SMILES string of the molecule is CCN1CCN(C(CCN)c2ccccc2)CC1C. The van der Waals surface area contributed by atoms with Crippen LogP contribution in [0.2, 0.25) is 0 Å². The van der Waals surface area contributed by atoms with E-state index in [0.717, 1.165) is 32.6 Å². The zero-order chi connectivity index (χ0) is 13.7. The number of hydrogen-bond acceptors (Lipinski definition) is 3. The number of hydrogen-bond donors (Lipinski definition) is 1. The van der Waals surface area contributed by atoms with E-state index in [1.807, 2.05) is 0 Å². The summed E-state index contributed by atoms with van der Waals surface area (Å²) in [7, 11) is 0. The van der Waals surface area contributed by atoms with Crippen LogP contribution in [0.3, 0.4) is 0 Å². The van der Waals surface area contributed by atoms with Gasteiger partial charge in [0.15, 0.2) is 0 Å². The van der Waals surface area contributed by atoms with E-state index in [1.54, 1.807) is 0 Å². The Labute approximate surface area is 117 Å². The van der Waals surface area contributed by atoms with Crippen molar-refractivity contribution in [3.05, 3.63) is 35.9 Å². The van der Waals surface area contributed by atoms with Gasteiger partial charge in [-0.2, -0.15) is 0 Å². The Balaban J connectivity index is 2.08. The molecule has 0 radical (unpaired) electrons. The molecule has 19 heavy (non-hydrogen) atoms. The minimum atomic E-state index is 0.479. The van der Waals surface area contributed by atoms with Crippen molar-refractivity contribution >= 4 is 0 Å². The van der Waals surface area contributed by atoms with Crippen LogP contribution >= 0.6 is 0 Å². The normalized spacial score (nSPS) is 23.4. The molecule has 106 valence electrons. The van der Waals surface area contributed by atoms with Gasteiger partial charge in [0, 0.05) is 31.7 Å². The van der Waals surface area contributed by atoms with Gasteiger partial charge in [-0.15, -0.1) is 0 Å². The second-order valence-electron chi connectivity index (χ2n) is 5.48. The van der Waals surface area contributed by atoms with Gasteiger partial charge >= 0.3 is 0 Å². The van der Waals surface area contributed by atoms with Crippen molar-refractivity contribution in [2.45, 2.75) is 32.4 Å². The highest BCUT2D eigenvalue weighted by atomic mass is 15.3. The van der Waals surface area contributed by atoms with Crippen LogP contribution < -0.4 is 5.73 Å². The summed E-state index contributed by atoms with van der Waals surface area (Å²) in [4.78, 5) is 5.17. The predicted molar refractivity (Wildman–Crippen MR) is 81.1 cm³/mol. The van der Waals surface area contributed by atoms with Crippen molar-refractivity contribution < 1.29 is 0 Å².